The van der Waals surface area contributed by atoms with Gasteiger partial charge in [0.1, 0.15) is 0 Å². The molecular formula is C12H26O4. The lowest BCUT2D eigenvalue weighted by atomic mass is 9.51. The van der Waals surface area contributed by atoms with Crippen molar-refractivity contribution in [3.05, 3.63) is 0 Å². The van der Waals surface area contributed by atoms with Crippen molar-refractivity contribution in [3.63, 3.8) is 0 Å². The lowest BCUT2D eigenvalue weighted by molar-refractivity contribution is -0.367. The zero-order valence-electron chi connectivity index (χ0n) is 10.8. The van der Waals surface area contributed by atoms with Gasteiger partial charge < -0.3 is 20.4 Å². The summed E-state index contributed by atoms with van der Waals surface area (Å²) < 4.78 is 0. The highest BCUT2D eigenvalue weighted by Gasteiger charge is 2.64. The Morgan fingerprint density at radius 2 is 1.12 bits per heavy atom. The molecule has 0 aliphatic heterocycles. The summed E-state index contributed by atoms with van der Waals surface area (Å²) in [4.78, 5) is 0. The van der Waals surface area contributed by atoms with E-state index in [4.69, 9.17) is 10.2 Å². The molecule has 1 aliphatic carbocycles. The molecule has 0 aromatic rings. The minimum atomic E-state index is -1.49. The molecule has 0 heterocycles. The van der Waals surface area contributed by atoms with Gasteiger partial charge >= 0.3 is 0 Å². The van der Waals surface area contributed by atoms with E-state index in [1.54, 1.807) is 0 Å². The first-order valence-electron chi connectivity index (χ1n) is 5.79. The Labute approximate surface area is 97.9 Å². The average molecular weight is 234 g/mol. The second-order valence-electron chi connectivity index (χ2n) is 5.77. The van der Waals surface area contributed by atoms with Crippen molar-refractivity contribution in [2.45, 2.75) is 52.7 Å². The van der Waals surface area contributed by atoms with Gasteiger partial charge in [0.15, 0.2) is 5.79 Å². The van der Waals surface area contributed by atoms with Gasteiger partial charge in [-0.1, -0.05) is 27.7 Å². The Bertz CT molecular complexity index is 189. The molecule has 0 unspecified atom stereocenters. The van der Waals surface area contributed by atoms with Crippen molar-refractivity contribution >= 4 is 0 Å². The average Bonchev–Trinajstić information content (AvgIpc) is 2.13. The number of aliphatic hydroxyl groups excluding tert-OH is 2. The molecule has 0 saturated heterocycles. The number of unbranched alkanes of at least 4 members (excludes halogenated alkanes) is 1. The summed E-state index contributed by atoms with van der Waals surface area (Å²) in [6, 6.07) is 0. The smallest absolute Gasteiger partial charge is 0.172 e. The normalized spacial score (nSPS) is 24.0. The highest BCUT2D eigenvalue weighted by Crippen LogP contribution is 2.59. The van der Waals surface area contributed by atoms with Gasteiger partial charge in [0, 0.05) is 24.0 Å². The summed E-state index contributed by atoms with van der Waals surface area (Å²) >= 11 is 0. The second kappa shape index (κ2) is 5.45. The van der Waals surface area contributed by atoms with Gasteiger partial charge in [0.05, 0.1) is 0 Å². The third-order valence-electron chi connectivity index (χ3n) is 3.34. The van der Waals surface area contributed by atoms with Crippen LogP contribution >= 0.6 is 0 Å². The minimum Gasteiger partial charge on any atom is -0.396 e. The first-order valence-corrected chi connectivity index (χ1v) is 5.79. The zero-order chi connectivity index (χ0) is 13.0. The fourth-order valence-electron chi connectivity index (χ4n) is 2.38. The van der Waals surface area contributed by atoms with E-state index in [-0.39, 0.29) is 24.0 Å². The first-order chi connectivity index (χ1) is 7.12. The zero-order valence-corrected chi connectivity index (χ0v) is 10.8. The molecule has 4 N–H and O–H groups in total. The van der Waals surface area contributed by atoms with Crippen LogP contribution in [0.5, 0.6) is 0 Å². The van der Waals surface area contributed by atoms with Crippen LogP contribution in [0.15, 0.2) is 0 Å². The van der Waals surface area contributed by atoms with Crippen LogP contribution < -0.4 is 0 Å². The van der Waals surface area contributed by atoms with Gasteiger partial charge in [-0.3, -0.25) is 0 Å². The molecule has 98 valence electrons. The number of hydrogen-bond donors (Lipinski definition) is 4. The lowest BCUT2D eigenvalue weighted by Gasteiger charge is -2.60. The summed E-state index contributed by atoms with van der Waals surface area (Å²) in [6.45, 7) is 7.88. The fourth-order valence-corrected chi connectivity index (χ4v) is 2.38. The standard InChI is InChI=1S/C8H16O2.C4H10O2/c1-6(2)5-7(3,4)8(6,9)10;5-3-1-2-4-6/h9-10H,5H2,1-4H3;5-6H,1-4H2. The lowest BCUT2D eigenvalue weighted by Crippen LogP contribution is -2.66. The predicted molar refractivity (Wildman–Crippen MR) is 62.8 cm³/mol. The topological polar surface area (TPSA) is 80.9 Å². The fraction of sp³-hybridized carbons (Fsp3) is 1.00. The van der Waals surface area contributed by atoms with Crippen molar-refractivity contribution in [2.75, 3.05) is 13.2 Å². The van der Waals surface area contributed by atoms with Crippen molar-refractivity contribution in [1.82, 2.24) is 0 Å². The minimum absolute atomic E-state index is 0.195. The molecule has 1 aliphatic rings. The van der Waals surface area contributed by atoms with Gasteiger partial charge in [-0.2, -0.15) is 0 Å². The van der Waals surface area contributed by atoms with Gasteiger partial charge in [-0.05, 0) is 19.3 Å². The van der Waals surface area contributed by atoms with E-state index >= 15 is 0 Å². The number of rotatable bonds is 3. The molecule has 0 aromatic carbocycles. The summed E-state index contributed by atoms with van der Waals surface area (Å²) in [5, 5.41) is 35.2. The number of hydrogen-bond acceptors (Lipinski definition) is 4. The summed E-state index contributed by atoms with van der Waals surface area (Å²) in [5.41, 5.74) is -0.674. The molecular weight excluding hydrogens is 208 g/mol. The van der Waals surface area contributed by atoms with E-state index in [9.17, 15) is 10.2 Å². The highest BCUT2D eigenvalue weighted by atomic mass is 16.5. The van der Waals surface area contributed by atoms with Crippen LogP contribution in [0.25, 0.3) is 0 Å². The monoisotopic (exact) mass is 234 g/mol. The van der Waals surface area contributed by atoms with Gasteiger partial charge in [0.2, 0.25) is 0 Å². The molecule has 0 radical (unpaired) electrons. The predicted octanol–water partition coefficient (Wildman–Crippen LogP) is 0.875. The van der Waals surface area contributed by atoms with Gasteiger partial charge in [-0.15, -0.1) is 0 Å². The van der Waals surface area contributed by atoms with Crippen LogP contribution in [0.3, 0.4) is 0 Å². The molecule has 4 nitrogen and oxygen atoms in total. The SMILES string of the molecule is CC1(C)CC(C)(C)C1(O)O.OCCCCO. The Kier molecular flexibility index (Phi) is 5.39. The van der Waals surface area contributed by atoms with Crippen LogP contribution in [0.1, 0.15) is 47.0 Å². The quantitative estimate of drug-likeness (QED) is 0.431. The molecule has 0 aromatic heterocycles. The van der Waals surface area contributed by atoms with E-state index < -0.39 is 5.79 Å². The maximum absolute atomic E-state index is 9.52. The molecule has 0 spiro atoms. The van der Waals surface area contributed by atoms with Crippen LogP contribution in [-0.2, 0) is 0 Å². The van der Waals surface area contributed by atoms with E-state index in [2.05, 4.69) is 0 Å². The molecule has 0 bridgehead atoms. The van der Waals surface area contributed by atoms with E-state index in [1.807, 2.05) is 27.7 Å². The maximum Gasteiger partial charge on any atom is 0.172 e. The van der Waals surface area contributed by atoms with Gasteiger partial charge in [-0.25, -0.2) is 0 Å². The Morgan fingerprint density at radius 1 is 0.812 bits per heavy atom. The Hall–Kier alpha value is -0.160. The molecule has 4 heteroatoms. The summed E-state index contributed by atoms with van der Waals surface area (Å²) in [6.07, 6.45) is 2.31. The molecule has 1 rings (SSSR count). The van der Waals surface area contributed by atoms with Crippen molar-refractivity contribution in [3.8, 4) is 0 Å². The third kappa shape index (κ3) is 3.17. The molecule has 1 fully saturated rings. The Balaban J connectivity index is 0.000000325. The molecule has 16 heavy (non-hydrogen) atoms. The van der Waals surface area contributed by atoms with Crippen LogP contribution in [0.4, 0.5) is 0 Å². The maximum atomic E-state index is 9.52. The van der Waals surface area contributed by atoms with Crippen LogP contribution in [0.2, 0.25) is 0 Å². The summed E-state index contributed by atoms with van der Waals surface area (Å²) in [7, 11) is 0. The molecule has 0 atom stereocenters. The van der Waals surface area contributed by atoms with Crippen LogP contribution in [0, 0.1) is 10.8 Å². The van der Waals surface area contributed by atoms with E-state index in [0.29, 0.717) is 0 Å². The summed E-state index contributed by atoms with van der Waals surface area (Å²) in [5.74, 6) is -1.49. The Morgan fingerprint density at radius 3 is 1.19 bits per heavy atom. The second-order valence-corrected chi connectivity index (χ2v) is 5.77. The van der Waals surface area contributed by atoms with Crippen molar-refractivity contribution in [1.29, 1.82) is 0 Å². The van der Waals surface area contributed by atoms with E-state index in [0.717, 1.165) is 19.3 Å². The highest BCUT2D eigenvalue weighted by molar-refractivity contribution is 5.07. The van der Waals surface area contributed by atoms with E-state index in [1.165, 1.54) is 0 Å². The van der Waals surface area contributed by atoms with Crippen molar-refractivity contribution < 1.29 is 20.4 Å². The molecule has 1 saturated carbocycles. The largest absolute Gasteiger partial charge is 0.396 e. The van der Waals surface area contributed by atoms with Crippen molar-refractivity contribution in [2.24, 2.45) is 10.8 Å². The van der Waals surface area contributed by atoms with Gasteiger partial charge in [0.25, 0.3) is 0 Å². The molecule has 0 amide bonds. The number of aliphatic hydroxyl groups is 4. The third-order valence-corrected chi connectivity index (χ3v) is 3.34. The first kappa shape index (κ1) is 15.8. The van der Waals surface area contributed by atoms with Crippen LogP contribution in [-0.4, -0.2) is 39.4 Å².